The van der Waals surface area contributed by atoms with E-state index in [1.54, 1.807) is 19.2 Å². The molecule has 0 aliphatic heterocycles. The zero-order valence-corrected chi connectivity index (χ0v) is 13.9. The van der Waals surface area contributed by atoms with Crippen molar-refractivity contribution < 1.29 is 17.9 Å². The summed E-state index contributed by atoms with van der Waals surface area (Å²) in [6.45, 7) is 3.04. The summed E-state index contributed by atoms with van der Waals surface area (Å²) in [4.78, 5) is 0.0890. The van der Waals surface area contributed by atoms with Crippen LogP contribution in [0.5, 0.6) is 11.5 Å². The Morgan fingerprint density at radius 2 is 1.78 bits per heavy atom. The largest absolute Gasteiger partial charge is 0.493 e. The van der Waals surface area contributed by atoms with Crippen LogP contribution in [0.1, 0.15) is 12.5 Å². The highest BCUT2D eigenvalue weighted by atomic mass is 32.2. The van der Waals surface area contributed by atoms with E-state index in [2.05, 4.69) is 5.32 Å². The van der Waals surface area contributed by atoms with E-state index in [-0.39, 0.29) is 4.90 Å². The smallest absolute Gasteiger partial charge is 0.238 e. The predicted molar refractivity (Wildman–Crippen MR) is 89.3 cm³/mol. The quantitative estimate of drug-likeness (QED) is 0.810. The molecule has 124 valence electrons. The summed E-state index contributed by atoms with van der Waals surface area (Å²) in [5.74, 6) is 1.38. The molecule has 0 aliphatic carbocycles. The second kappa shape index (κ2) is 7.34. The van der Waals surface area contributed by atoms with Crippen LogP contribution in [0.4, 0.5) is 5.69 Å². The maximum atomic E-state index is 11.2. The van der Waals surface area contributed by atoms with Gasteiger partial charge in [-0.25, -0.2) is 13.6 Å². The van der Waals surface area contributed by atoms with Gasteiger partial charge < -0.3 is 14.8 Å². The Balaban J connectivity index is 2.07. The van der Waals surface area contributed by atoms with E-state index >= 15 is 0 Å². The van der Waals surface area contributed by atoms with Gasteiger partial charge in [0, 0.05) is 12.2 Å². The molecule has 0 amide bonds. The van der Waals surface area contributed by atoms with Gasteiger partial charge in [0.25, 0.3) is 0 Å². The number of nitrogens with one attached hydrogen (secondary N) is 1. The number of sulfonamides is 1. The molecule has 0 saturated heterocycles. The van der Waals surface area contributed by atoms with Gasteiger partial charge in [-0.15, -0.1) is 0 Å². The van der Waals surface area contributed by atoms with Gasteiger partial charge in [0.05, 0.1) is 18.6 Å². The summed E-state index contributed by atoms with van der Waals surface area (Å²) in [5.41, 5.74) is 1.82. The second-order valence-corrected chi connectivity index (χ2v) is 6.40. The standard InChI is InChI=1S/C16H20N2O4S/c1-3-22-16-10-12(4-9-15(16)21-2)11-18-13-5-7-14(8-6-13)23(17,19)20/h4-10,18H,3,11H2,1-2H3,(H2,17,19,20). The van der Waals surface area contributed by atoms with E-state index in [4.69, 9.17) is 14.6 Å². The zero-order valence-electron chi connectivity index (χ0n) is 13.1. The van der Waals surface area contributed by atoms with E-state index in [1.807, 2.05) is 25.1 Å². The van der Waals surface area contributed by atoms with Crippen molar-refractivity contribution in [3.63, 3.8) is 0 Å². The van der Waals surface area contributed by atoms with E-state index < -0.39 is 10.0 Å². The normalized spacial score (nSPS) is 11.1. The molecule has 0 atom stereocenters. The number of hydrogen-bond donors (Lipinski definition) is 2. The van der Waals surface area contributed by atoms with Crippen molar-refractivity contribution in [1.82, 2.24) is 0 Å². The first-order valence-electron chi connectivity index (χ1n) is 7.10. The van der Waals surface area contributed by atoms with Gasteiger partial charge >= 0.3 is 0 Å². The highest BCUT2D eigenvalue weighted by Crippen LogP contribution is 2.28. The summed E-state index contributed by atoms with van der Waals surface area (Å²) < 4.78 is 33.2. The summed E-state index contributed by atoms with van der Waals surface area (Å²) in [6, 6.07) is 12.0. The molecule has 2 rings (SSSR count). The highest BCUT2D eigenvalue weighted by molar-refractivity contribution is 7.89. The molecule has 0 aromatic heterocycles. The molecule has 0 heterocycles. The lowest BCUT2D eigenvalue weighted by molar-refractivity contribution is 0.310. The zero-order chi connectivity index (χ0) is 16.9. The fourth-order valence-corrected chi connectivity index (χ4v) is 2.58. The first-order chi connectivity index (χ1) is 10.9. The monoisotopic (exact) mass is 336 g/mol. The number of hydrogen-bond acceptors (Lipinski definition) is 5. The lowest BCUT2D eigenvalue weighted by Gasteiger charge is -2.12. The van der Waals surface area contributed by atoms with Crippen LogP contribution in [0.25, 0.3) is 0 Å². The van der Waals surface area contributed by atoms with Gasteiger partial charge in [-0.3, -0.25) is 0 Å². The first-order valence-corrected chi connectivity index (χ1v) is 8.65. The van der Waals surface area contributed by atoms with Gasteiger partial charge in [-0.05, 0) is 48.9 Å². The van der Waals surface area contributed by atoms with Gasteiger partial charge in [0.15, 0.2) is 11.5 Å². The lowest BCUT2D eigenvalue weighted by atomic mass is 10.2. The number of benzene rings is 2. The van der Waals surface area contributed by atoms with Crippen molar-refractivity contribution in [2.45, 2.75) is 18.4 Å². The Labute approximate surface area is 136 Å². The van der Waals surface area contributed by atoms with Crippen LogP contribution in [-0.4, -0.2) is 22.1 Å². The summed E-state index contributed by atoms with van der Waals surface area (Å²) >= 11 is 0. The van der Waals surface area contributed by atoms with Crippen LogP contribution >= 0.6 is 0 Å². The average Bonchev–Trinajstić information content (AvgIpc) is 2.53. The molecule has 3 N–H and O–H groups in total. The number of methoxy groups -OCH3 is 1. The van der Waals surface area contributed by atoms with Crippen LogP contribution in [-0.2, 0) is 16.6 Å². The minimum Gasteiger partial charge on any atom is -0.493 e. The van der Waals surface area contributed by atoms with Crippen LogP contribution in [0, 0.1) is 0 Å². The van der Waals surface area contributed by atoms with Crippen molar-refractivity contribution >= 4 is 15.7 Å². The Morgan fingerprint density at radius 1 is 1.09 bits per heavy atom. The van der Waals surface area contributed by atoms with Gasteiger partial charge in [0.2, 0.25) is 10.0 Å². The summed E-state index contributed by atoms with van der Waals surface area (Å²) in [7, 11) is -2.06. The highest BCUT2D eigenvalue weighted by Gasteiger charge is 2.07. The van der Waals surface area contributed by atoms with Crippen molar-refractivity contribution in [2.75, 3.05) is 19.0 Å². The minimum absolute atomic E-state index is 0.0890. The molecule has 2 aromatic carbocycles. The van der Waals surface area contributed by atoms with Crippen LogP contribution in [0.15, 0.2) is 47.4 Å². The number of nitrogens with two attached hydrogens (primary N) is 1. The van der Waals surface area contributed by atoms with Crippen molar-refractivity contribution in [3.8, 4) is 11.5 Å². The van der Waals surface area contributed by atoms with Gasteiger partial charge in [-0.2, -0.15) is 0 Å². The molecule has 0 saturated carbocycles. The molecule has 6 nitrogen and oxygen atoms in total. The molecule has 0 fully saturated rings. The number of anilines is 1. The third kappa shape index (κ3) is 4.61. The van der Waals surface area contributed by atoms with E-state index in [0.717, 1.165) is 11.3 Å². The maximum absolute atomic E-state index is 11.2. The number of primary sulfonamides is 1. The first kappa shape index (κ1) is 17.1. The molecular formula is C16H20N2O4S. The molecule has 0 bridgehead atoms. The van der Waals surface area contributed by atoms with Crippen molar-refractivity contribution in [2.24, 2.45) is 5.14 Å². The topological polar surface area (TPSA) is 90.6 Å². The summed E-state index contributed by atoms with van der Waals surface area (Å²) in [6.07, 6.45) is 0. The maximum Gasteiger partial charge on any atom is 0.238 e. The molecule has 23 heavy (non-hydrogen) atoms. The van der Waals surface area contributed by atoms with Crippen molar-refractivity contribution in [1.29, 1.82) is 0 Å². The molecule has 0 unspecified atom stereocenters. The Kier molecular flexibility index (Phi) is 5.46. The minimum atomic E-state index is -3.66. The molecule has 0 aliphatic rings. The predicted octanol–water partition coefficient (Wildman–Crippen LogP) is 2.35. The van der Waals surface area contributed by atoms with E-state index in [1.165, 1.54) is 12.1 Å². The van der Waals surface area contributed by atoms with E-state index in [0.29, 0.717) is 24.7 Å². The second-order valence-electron chi connectivity index (χ2n) is 4.84. The average molecular weight is 336 g/mol. The SMILES string of the molecule is CCOc1cc(CNc2ccc(S(N)(=O)=O)cc2)ccc1OC. The Bertz CT molecular complexity index is 758. The number of rotatable bonds is 7. The molecule has 7 heteroatoms. The van der Waals surface area contributed by atoms with Gasteiger partial charge in [-0.1, -0.05) is 6.07 Å². The van der Waals surface area contributed by atoms with Crippen LogP contribution in [0.2, 0.25) is 0 Å². The lowest BCUT2D eigenvalue weighted by Crippen LogP contribution is -2.12. The number of ether oxygens (including phenoxy) is 2. The third-order valence-electron chi connectivity index (χ3n) is 3.21. The Hall–Kier alpha value is -2.25. The van der Waals surface area contributed by atoms with E-state index in [9.17, 15) is 8.42 Å². The molecule has 0 spiro atoms. The van der Waals surface area contributed by atoms with Crippen molar-refractivity contribution in [3.05, 3.63) is 48.0 Å². The molecular weight excluding hydrogens is 316 g/mol. The summed E-state index contributed by atoms with van der Waals surface area (Å²) in [5, 5.41) is 8.28. The Morgan fingerprint density at radius 3 is 2.35 bits per heavy atom. The van der Waals surface area contributed by atoms with Crippen LogP contribution in [0.3, 0.4) is 0 Å². The third-order valence-corrected chi connectivity index (χ3v) is 4.14. The fourth-order valence-electron chi connectivity index (χ4n) is 2.07. The molecule has 2 aromatic rings. The fraction of sp³-hybridized carbons (Fsp3) is 0.250. The molecule has 0 radical (unpaired) electrons. The van der Waals surface area contributed by atoms with Gasteiger partial charge in [0.1, 0.15) is 0 Å². The van der Waals surface area contributed by atoms with Crippen LogP contribution < -0.4 is 19.9 Å².